The third kappa shape index (κ3) is 3.81. The fourth-order valence-corrected chi connectivity index (χ4v) is 3.18. The quantitative estimate of drug-likeness (QED) is 0.736. The highest BCUT2D eigenvalue weighted by Gasteiger charge is 2.32. The van der Waals surface area contributed by atoms with Crippen LogP contribution in [-0.2, 0) is 6.42 Å². The summed E-state index contributed by atoms with van der Waals surface area (Å²) in [5.74, 6) is 1.63. The molecule has 0 aliphatic carbocycles. The number of urea groups is 1. The first-order valence-electron chi connectivity index (χ1n) is 8.92. The molecule has 4 rings (SSSR count). The lowest BCUT2D eigenvalue weighted by Gasteiger charge is -2.22. The first kappa shape index (κ1) is 17.2. The van der Waals surface area contributed by atoms with Crippen molar-refractivity contribution in [1.82, 2.24) is 30.5 Å². The van der Waals surface area contributed by atoms with Gasteiger partial charge in [0.25, 0.3) is 0 Å². The van der Waals surface area contributed by atoms with Crippen molar-refractivity contribution in [2.75, 3.05) is 13.1 Å². The maximum absolute atomic E-state index is 12.5. The van der Waals surface area contributed by atoms with Crippen LogP contribution in [0.3, 0.4) is 0 Å². The van der Waals surface area contributed by atoms with Crippen molar-refractivity contribution in [3.05, 3.63) is 47.8 Å². The molecule has 140 valence electrons. The molecule has 0 aromatic carbocycles. The van der Waals surface area contributed by atoms with Gasteiger partial charge in [-0.05, 0) is 31.9 Å². The molecule has 1 saturated heterocycles. The number of hydrogen-bond donors (Lipinski definition) is 1. The van der Waals surface area contributed by atoms with E-state index in [1.165, 1.54) is 0 Å². The third-order valence-corrected chi connectivity index (χ3v) is 4.47. The molecule has 2 amide bonds. The van der Waals surface area contributed by atoms with Gasteiger partial charge in [0.2, 0.25) is 11.7 Å². The Labute approximate surface area is 155 Å². The van der Waals surface area contributed by atoms with Gasteiger partial charge in [0.1, 0.15) is 5.69 Å². The fraction of sp³-hybridized carbons (Fsp3) is 0.389. The molecule has 3 aromatic heterocycles. The molecule has 0 saturated carbocycles. The van der Waals surface area contributed by atoms with Gasteiger partial charge in [0, 0.05) is 31.8 Å². The van der Waals surface area contributed by atoms with Crippen molar-refractivity contribution in [3.8, 4) is 11.5 Å². The zero-order valence-corrected chi connectivity index (χ0v) is 15.0. The highest BCUT2D eigenvalue weighted by Crippen LogP contribution is 2.32. The van der Waals surface area contributed by atoms with Crippen LogP contribution in [-0.4, -0.2) is 44.3 Å². The van der Waals surface area contributed by atoms with Crippen LogP contribution in [0.15, 0.2) is 39.5 Å². The van der Waals surface area contributed by atoms with Gasteiger partial charge in [-0.15, -0.1) is 0 Å². The first-order chi connectivity index (χ1) is 13.2. The molecule has 1 atom stereocenters. The summed E-state index contributed by atoms with van der Waals surface area (Å²) in [5.41, 5.74) is 1.47. The second-order valence-corrected chi connectivity index (χ2v) is 6.43. The molecular formula is C18H20N6O3. The second-order valence-electron chi connectivity index (χ2n) is 6.43. The summed E-state index contributed by atoms with van der Waals surface area (Å²) in [6.45, 7) is 2.97. The van der Waals surface area contributed by atoms with Crippen LogP contribution in [0.25, 0.3) is 11.5 Å². The third-order valence-electron chi connectivity index (χ3n) is 4.47. The molecule has 1 aliphatic heterocycles. The summed E-state index contributed by atoms with van der Waals surface area (Å²) in [6.07, 6.45) is 3.94. The minimum Gasteiger partial charge on any atom is -0.359 e. The average molecular weight is 368 g/mol. The SMILES string of the molecule is Cc1cc(C2CCCN2C(=O)NCCc2nc(-c3ccccn3)no2)on1. The Morgan fingerprint density at radius 3 is 3.04 bits per heavy atom. The molecule has 3 aromatic rings. The Balaban J connectivity index is 1.31. The number of rotatable bonds is 5. The lowest BCUT2D eigenvalue weighted by atomic mass is 10.1. The predicted molar refractivity (Wildman–Crippen MR) is 94.6 cm³/mol. The summed E-state index contributed by atoms with van der Waals surface area (Å²) in [6, 6.07) is 7.19. The van der Waals surface area contributed by atoms with E-state index in [0.717, 1.165) is 24.3 Å². The molecule has 27 heavy (non-hydrogen) atoms. The summed E-state index contributed by atoms with van der Waals surface area (Å²) in [7, 11) is 0. The van der Waals surface area contributed by atoms with Crippen LogP contribution in [0, 0.1) is 6.92 Å². The van der Waals surface area contributed by atoms with E-state index in [2.05, 4.69) is 25.6 Å². The summed E-state index contributed by atoms with van der Waals surface area (Å²) < 4.78 is 10.6. The number of nitrogens with one attached hydrogen (secondary N) is 1. The van der Waals surface area contributed by atoms with E-state index in [4.69, 9.17) is 9.05 Å². The molecule has 1 N–H and O–H groups in total. The summed E-state index contributed by atoms with van der Waals surface area (Å²) >= 11 is 0. The van der Waals surface area contributed by atoms with Gasteiger partial charge >= 0.3 is 6.03 Å². The number of nitrogens with zero attached hydrogens (tertiary/aromatic N) is 5. The van der Waals surface area contributed by atoms with Gasteiger partial charge in [0.15, 0.2) is 5.76 Å². The first-order valence-corrected chi connectivity index (χ1v) is 8.92. The van der Waals surface area contributed by atoms with Crippen molar-refractivity contribution in [2.24, 2.45) is 0 Å². The number of pyridine rings is 1. The Bertz CT molecular complexity index is 907. The van der Waals surface area contributed by atoms with Crippen LogP contribution in [0.1, 0.15) is 36.2 Å². The lowest BCUT2D eigenvalue weighted by molar-refractivity contribution is 0.182. The van der Waals surface area contributed by atoms with E-state index in [0.29, 0.717) is 36.9 Å². The smallest absolute Gasteiger partial charge is 0.318 e. The molecule has 4 heterocycles. The number of carbonyl (C=O) groups excluding carboxylic acids is 1. The van der Waals surface area contributed by atoms with Crippen LogP contribution in [0.4, 0.5) is 4.79 Å². The fourth-order valence-electron chi connectivity index (χ4n) is 3.18. The zero-order chi connectivity index (χ0) is 18.6. The van der Waals surface area contributed by atoms with E-state index < -0.39 is 0 Å². The van der Waals surface area contributed by atoms with E-state index in [-0.39, 0.29) is 12.1 Å². The Kier molecular flexibility index (Phi) is 4.82. The molecule has 1 fully saturated rings. The standard InChI is InChI=1S/C18H20N6O3/c1-12-11-15(26-22-12)14-6-4-10-24(14)18(25)20-9-7-16-21-17(23-27-16)13-5-2-3-8-19-13/h2-3,5,8,11,14H,4,6-7,9-10H2,1H3,(H,20,25). The molecular weight excluding hydrogens is 348 g/mol. The number of likely N-dealkylation sites (tertiary alicyclic amines) is 1. The monoisotopic (exact) mass is 368 g/mol. The molecule has 1 unspecified atom stereocenters. The highest BCUT2D eigenvalue weighted by atomic mass is 16.5. The predicted octanol–water partition coefficient (Wildman–Crippen LogP) is 2.52. The van der Waals surface area contributed by atoms with E-state index >= 15 is 0 Å². The number of aryl methyl sites for hydroxylation is 1. The number of aromatic nitrogens is 4. The topological polar surface area (TPSA) is 110 Å². The Morgan fingerprint density at radius 2 is 2.26 bits per heavy atom. The van der Waals surface area contributed by atoms with Crippen molar-refractivity contribution in [1.29, 1.82) is 0 Å². The summed E-state index contributed by atoms with van der Waals surface area (Å²) in [4.78, 5) is 22.8. The van der Waals surface area contributed by atoms with E-state index in [1.54, 1.807) is 11.1 Å². The largest absolute Gasteiger partial charge is 0.359 e. The molecule has 9 nitrogen and oxygen atoms in total. The molecule has 0 spiro atoms. The number of carbonyl (C=O) groups is 1. The van der Waals surface area contributed by atoms with Gasteiger partial charge < -0.3 is 19.3 Å². The molecule has 9 heteroatoms. The van der Waals surface area contributed by atoms with E-state index in [9.17, 15) is 4.79 Å². The number of amides is 2. The summed E-state index contributed by atoms with van der Waals surface area (Å²) in [5, 5.41) is 10.8. The van der Waals surface area contributed by atoms with Crippen LogP contribution in [0.5, 0.6) is 0 Å². The Morgan fingerprint density at radius 1 is 1.33 bits per heavy atom. The normalized spacial score (nSPS) is 16.6. The highest BCUT2D eigenvalue weighted by molar-refractivity contribution is 5.75. The maximum Gasteiger partial charge on any atom is 0.318 e. The van der Waals surface area contributed by atoms with Crippen LogP contribution < -0.4 is 5.32 Å². The van der Waals surface area contributed by atoms with Gasteiger partial charge in [-0.2, -0.15) is 4.98 Å². The zero-order valence-electron chi connectivity index (χ0n) is 15.0. The molecule has 0 bridgehead atoms. The van der Waals surface area contributed by atoms with Crippen molar-refractivity contribution in [2.45, 2.75) is 32.2 Å². The van der Waals surface area contributed by atoms with Crippen molar-refractivity contribution in [3.63, 3.8) is 0 Å². The van der Waals surface area contributed by atoms with Gasteiger partial charge in [-0.25, -0.2) is 4.79 Å². The van der Waals surface area contributed by atoms with E-state index in [1.807, 2.05) is 31.2 Å². The maximum atomic E-state index is 12.5. The van der Waals surface area contributed by atoms with Gasteiger partial charge in [-0.1, -0.05) is 16.4 Å². The Hall–Kier alpha value is -3.23. The molecule has 0 radical (unpaired) electrons. The van der Waals surface area contributed by atoms with Crippen molar-refractivity contribution < 1.29 is 13.8 Å². The molecule has 1 aliphatic rings. The minimum absolute atomic E-state index is 0.0645. The van der Waals surface area contributed by atoms with Crippen LogP contribution >= 0.6 is 0 Å². The van der Waals surface area contributed by atoms with Crippen molar-refractivity contribution >= 4 is 6.03 Å². The van der Waals surface area contributed by atoms with Gasteiger partial charge in [-0.3, -0.25) is 4.98 Å². The average Bonchev–Trinajstić information content (AvgIpc) is 3.42. The van der Waals surface area contributed by atoms with Crippen LogP contribution in [0.2, 0.25) is 0 Å². The lowest BCUT2D eigenvalue weighted by Crippen LogP contribution is -2.40. The minimum atomic E-state index is -0.129. The number of hydrogen-bond acceptors (Lipinski definition) is 7. The second kappa shape index (κ2) is 7.56. The van der Waals surface area contributed by atoms with Gasteiger partial charge in [0.05, 0.1) is 11.7 Å².